The molecule has 2 nitrogen and oxygen atoms in total. The second-order valence-corrected chi connectivity index (χ2v) is 7.36. The summed E-state index contributed by atoms with van der Waals surface area (Å²) in [6, 6.07) is 14.8. The first-order valence-corrected chi connectivity index (χ1v) is 8.51. The van der Waals surface area contributed by atoms with Crippen LogP contribution in [-0.2, 0) is 11.8 Å². The second kappa shape index (κ2) is 6.11. The molecule has 1 aliphatic rings. The average Bonchev–Trinajstić information content (AvgIpc) is 2.43. The van der Waals surface area contributed by atoms with Crippen molar-refractivity contribution in [2.75, 3.05) is 20.2 Å². The monoisotopic (exact) mass is 409 g/mol. The lowest BCUT2D eigenvalue weighted by atomic mass is 9.71. The SMILES string of the molecule is COc1ccc(Br)cc1CC1(c2cccc(Br)c2)CNC1. The van der Waals surface area contributed by atoms with Crippen LogP contribution < -0.4 is 10.1 Å². The lowest BCUT2D eigenvalue weighted by Crippen LogP contribution is -2.58. The summed E-state index contributed by atoms with van der Waals surface area (Å²) >= 11 is 7.14. The van der Waals surface area contributed by atoms with Gasteiger partial charge in [-0.05, 0) is 47.9 Å². The number of nitrogens with one attached hydrogen (secondary N) is 1. The van der Waals surface area contributed by atoms with Gasteiger partial charge in [0.25, 0.3) is 0 Å². The van der Waals surface area contributed by atoms with E-state index in [-0.39, 0.29) is 5.41 Å². The van der Waals surface area contributed by atoms with E-state index < -0.39 is 0 Å². The van der Waals surface area contributed by atoms with E-state index in [0.29, 0.717) is 0 Å². The second-order valence-electron chi connectivity index (χ2n) is 5.53. The first-order chi connectivity index (χ1) is 10.1. The van der Waals surface area contributed by atoms with Gasteiger partial charge in [-0.15, -0.1) is 0 Å². The number of rotatable bonds is 4. The molecule has 2 aromatic rings. The molecule has 0 amide bonds. The Morgan fingerprint density at radius 2 is 1.86 bits per heavy atom. The molecule has 1 saturated heterocycles. The summed E-state index contributed by atoms with van der Waals surface area (Å²) in [7, 11) is 1.73. The van der Waals surface area contributed by atoms with E-state index in [9.17, 15) is 0 Å². The van der Waals surface area contributed by atoms with E-state index >= 15 is 0 Å². The Morgan fingerprint density at radius 3 is 2.48 bits per heavy atom. The Labute approximate surface area is 142 Å². The minimum Gasteiger partial charge on any atom is -0.496 e. The van der Waals surface area contributed by atoms with Gasteiger partial charge in [-0.25, -0.2) is 0 Å². The molecule has 0 atom stereocenters. The standard InChI is InChI=1S/C17H17Br2NO/c1-21-16-6-5-15(19)7-12(16)9-17(10-20-11-17)13-3-2-4-14(18)8-13/h2-8,20H,9-11H2,1H3. The number of benzene rings is 2. The normalized spacial score (nSPS) is 16.3. The van der Waals surface area contributed by atoms with Gasteiger partial charge >= 0.3 is 0 Å². The highest BCUT2D eigenvalue weighted by molar-refractivity contribution is 9.10. The Morgan fingerprint density at radius 1 is 1.10 bits per heavy atom. The maximum absolute atomic E-state index is 5.52. The third-order valence-corrected chi connectivity index (χ3v) is 5.12. The fraction of sp³-hybridized carbons (Fsp3) is 0.294. The minimum atomic E-state index is 0.151. The summed E-state index contributed by atoms with van der Waals surface area (Å²) < 4.78 is 7.75. The zero-order valence-electron chi connectivity index (χ0n) is 11.8. The first kappa shape index (κ1) is 15.1. The fourth-order valence-electron chi connectivity index (χ4n) is 2.93. The van der Waals surface area contributed by atoms with Crippen LogP contribution in [0.1, 0.15) is 11.1 Å². The van der Waals surface area contributed by atoms with Crippen LogP contribution in [0.3, 0.4) is 0 Å². The zero-order valence-corrected chi connectivity index (χ0v) is 15.0. The largest absolute Gasteiger partial charge is 0.496 e. The summed E-state index contributed by atoms with van der Waals surface area (Å²) in [4.78, 5) is 0. The summed E-state index contributed by atoms with van der Waals surface area (Å²) in [6.07, 6.45) is 0.971. The van der Waals surface area contributed by atoms with Crippen LogP contribution >= 0.6 is 31.9 Å². The van der Waals surface area contributed by atoms with Crippen molar-refractivity contribution in [3.8, 4) is 5.75 Å². The van der Waals surface area contributed by atoms with Gasteiger partial charge in [0, 0.05) is 27.4 Å². The lowest BCUT2D eigenvalue weighted by Gasteiger charge is -2.44. The van der Waals surface area contributed by atoms with E-state index in [1.807, 2.05) is 12.1 Å². The molecule has 0 saturated carbocycles. The highest BCUT2D eigenvalue weighted by Gasteiger charge is 2.39. The van der Waals surface area contributed by atoms with Gasteiger partial charge < -0.3 is 10.1 Å². The number of hydrogen-bond donors (Lipinski definition) is 1. The maximum Gasteiger partial charge on any atom is 0.122 e. The average molecular weight is 411 g/mol. The number of halogens is 2. The molecular formula is C17H17Br2NO. The number of hydrogen-bond acceptors (Lipinski definition) is 2. The highest BCUT2D eigenvalue weighted by Crippen LogP contribution is 2.37. The summed E-state index contributed by atoms with van der Waals surface area (Å²) in [6.45, 7) is 2.00. The molecular weight excluding hydrogens is 394 g/mol. The van der Waals surface area contributed by atoms with Crippen LogP contribution in [-0.4, -0.2) is 20.2 Å². The summed E-state index contributed by atoms with van der Waals surface area (Å²) in [5.74, 6) is 0.958. The van der Waals surface area contributed by atoms with E-state index in [1.54, 1.807) is 7.11 Å². The van der Waals surface area contributed by atoms with Crippen LogP contribution in [0.15, 0.2) is 51.4 Å². The molecule has 0 spiro atoms. The van der Waals surface area contributed by atoms with Crippen LogP contribution in [0.4, 0.5) is 0 Å². The molecule has 110 valence electrons. The van der Waals surface area contributed by atoms with Gasteiger partial charge in [-0.2, -0.15) is 0 Å². The molecule has 1 fully saturated rings. The molecule has 1 N–H and O–H groups in total. The molecule has 1 aliphatic heterocycles. The molecule has 0 bridgehead atoms. The third-order valence-electron chi connectivity index (χ3n) is 4.14. The molecule has 0 aromatic heterocycles. The van der Waals surface area contributed by atoms with Crippen molar-refractivity contribution in [1.29, 1.82) is 0 Å². The van der Waals surface area contributed by atoms with Gasteiger partial charge in [-0.3, -0.25) is 0 Å². The van der Waals surface area contributed by atoms with E-state index in [1.165, 1.54) is 11.1 Å². The van der Waals surface area contributed by atoms with Crippen molar-refractivity contribution in [3.63, 3.8) is 0 Å². The zero-order chi connectivity index (χ0) is 14.9. The number of ether oxygens (including phenoxy) is 1. The minimum absolute atomic E-state index is 0.151. The lowest BCUT2D eigenvalue weighted by molar-refractivity contribution is 0.271. The van der Waals surface area contributed by atoms with Crippen LogP contribution in [0.5, 0.6) is 5.75 Å². The van der Waals surface area contributed by atoms with Crippen LogP contribution in [0.25, 0.3) is 0 Å². The van der Waals surface area contributed by atoms with Crippen molar-refractivity contribution in [2.24, 2.45) is 0 Å². The smallest absolute Gasteiger partial charge is 0.122 e. The molecule has 2 aromatic carbocycles. The summed E-state index contributed by atoms with van der Waals surface area (Å²) in [5.41, 5.74) is 2.77. The van der Waals surface area contributed by atoms with Crippen molar-refractivity contribution >= 4 is 31.9 Å². The Hall–Kier alpha value is -0.840. The molecule has 0 radical (unpaired) electrons. The van der Waals surface area contributed by atoms with E-state index in [2.05, 4.69) is 67.5 Å². The van der Waals surface area contributed by atoms with Crippen molar-refractivity contribution in [1.82, 2.24) is 5.32 Å². The number of methoxy groups -OCH3 is 1. The van der Waals surface area contributed by atoms with Crippen LogP contribution in [0, 0.1) is 0 Å². The Bertz CT molecular complexity index is 653. The summed E-state index contributed by atoms with van der Waals surface area (Å²) in [5, 5.41) is 3.42. The topological polar surface area (TPSA) is 21.3 Å². The van der Waals surface area contributed by atoms with Gasteiger partial charge in [0.1, 0.15) is 5.75 Å². The van der Waals surface area contributed by atoms with Gasteiger partial charge in [0.15, 0.2) is 0 Å². The predicted molar refractivity (Wildman–Crippen MR) is 93.1 cm³/mol. The predicted octanol–water partition coefficient (Wildman–Crippen LogP) is 4.30. The van der Waals surface area contributed by atoms with Crippen molar-refractivity contribution < 1.29 is 4.74 Å². The Kier molecular flexibility index (Phi) is 4.38. The molecule has 0 unspecified atom stereocenters. The highest BCUT2D eigenvalue weighted by atomic mass is 79.9. The fourth-order valence-corrected chi connectivity index (χ4v) is 3.73. The molecule has 21 heavy (non-hydrogen) atoms. The quantitative estimate of drug-likeness (QED) is 0.810. The van der Waals surface area contributed by atoms with E-state index in [4.69, 9.17) is 4.74 Å². The van der Waals surface area contributed by atoms with Crippen molar-refractivity contribution in [3.05, 3.63) is 62.5 Å². The maximum atomic E-state index is 5.52. The van der Waals surface area contributed by atoms with E-state index in [0.717, 1.165) is 34.2 Å². The van der Waals surface area contributed by atoms with Crippen LogP contribution in [0.2, 0.25) is 0 Å². The molecule has 0 aliphatic carbocycles. The van der Waals surface area contributed by atoms with Gasteiger partial charge in [0.05, 0.1) is 7.11 Å². The molecule has 3 rings (SSSR count). The first-order valence-electron chi connectivity index (χ1n) is 6.92. The third kappa shape index (κ3) is 3.03. The van der Waals surface area contributed by atoms with Gasteiger partial charge in [-0.1, -0.05) is 44.0 Å². The van der Waals surface area contributed by atoms with Gasteiger partial charge in [0.2, 0.25) is 0 Å². The van der Waals surface area contributed by atoms with Crippen molar-refractivity contribution in [2.45, 2.75) is 11.8 Å². The Balaban J connectivity index is 1.96. The molecule has 1 heterocycles. The molecule has 4 heteroatoms.